The lowest BCUT2D eigenvalue weighted by atomic mass is 10.0. The predicted molar refractivity (Wildman–Crippen MR) is 67.2 cm³/mol. The second kappa shape index (κ2) is 6.01. The molecule has 1 atom stereocenters. The Hall–Kier alpha value is -0.870. The summed E-state index contributed by atoms with van der Waals surface area (Å²) < 4.78 is 1.84. The summed E-state index contributed by atoms with van der Waals surface area (Å²) in [7, 11) is 6.22. The molecule has 1 unspecified atom stereocenters. The van der Waals surface area contributed by atoms with Gasteiger partial charge in [0.15, 0.2) is 0 Å². The van der Waals surface area contributed by atoms with Crippen LogP contribution >= 0.6 is 0 Å². The summed E-state index contributed by atoms with van der Waals surface area (Å²) in [5.41, 5.74) is 1.24. The lowest BCUT2D eigenvalue weighted by Crippen LogP contribution is -2.41. The number of rotatable bonds is 6. The average molecular weight is 224 g/mol. The van der Waals surface area contributed by atoms with Gasteiger partial charge in [0.1, 0.15) is 0 Å². The highest BCUT2D eigenvalue weighted by Crippen LogP contribution is 2.06. The van der Waals surface area contributed by atoms with E-state index < -0.39 is 0 Å². The van der Waals surface area contributed by atoms with Crippen molar-refractivity contribution >= 4 is 0 Å². The molecule has 0 aromatic carbocycles. The summed E-state index contributed by atoms with van der Waals surface area (Å²) in [5, 5.41) is 7.63. The Morgan fingerprint density at radius 1 is 1.44 bits per heavy atom. The van der Waals surface area contributed by atoms with Gasteiger partial charge >= 0.3 is 0 Å². The van der Waals surface area contributed by atoms with Gasteiger partial charge < -0.3 is 10.2 Å². The highest BCUT2D eigenvalue weighted by molar-refractivity contribution is 5.02. The smallest absolute Gasteiger partial charge is 0.0534 e. The van der Waals surface area contributed by atoms with E-state index in [1.165, 1.54) is 5.56 Å². The van der Waals surface area contributed by atoms with E-state index in [-0.39, 0.29) is 0 Å². The fourth-order valence-electron chi connectivity index (χ4n) is 1.94. The summed E-state index contributed by atoms with van der Waals surface area (Å²) in [5.74, 6) is 0.663. The molecule has 1 heterocycles. The maximum Gasteiger partial charge on any atom is 0.0534 e. The number of nitrogens with zero attached hydrogens (tertiary/aromatic N) is 3. The summed E-state index contributed by atoms with van der Waals surface area (Å²) in [6.07, 6.45) is 3.96. The monoisotopic (exact) mass is 224 g/mol. The van der Waals surface area contributed by atoms with E-state index >= 15 is 0 Å². The number of hydrogen-bond donors (Lipinski definition) is 1. The third-order valence-electron chi connectivity index (χ3n) is 2.87. The van der Waals surface area contributed by atoms with Crippen LogP contribution in [0.3, 0.4) is 0 Å². The molecular weight excluding hydrogens is 200 g/mol. The second-order valence-corrected chi connectivity index (χ2v) is 4.93. The molecule has 4 nitrogen and oxygen atoms in total. The Balaban J connectivity index is 2.33. The van der Waals surface area contributed by atoms with Crippen LogP contribution in [-0.4, -0.2) is 41.4 Å². The quantitative estimate of drug-likeness (QED) is 0.785. The van der Waals surface area contributed by atoms with E-state index in [9.17, 15) is 0 Å². The number of aryl methyl sites for hydroxylation is 1. The van der Waals surface area contributed by atoms with Gasteiger partial charge in [-0.3, -0.25) is 4.68 Å². The molecule has 0 amide bonds. The van der Waals surface area contributed by atoms with Gasteiger partial charge in [-0.2, -0.15) is 5.10 Å². The Kier molecular flexibility index (Phi) is 4.96. The predicted octanol–water partition coefficient (Wildman–Crippen LogP) is 1.10. The van der Waals surface area contributed by atoms with Crippen molar-refractivity contribution in [1.29, 1.82) is 0 Å². The van der Waals surface area contributed by atoms with Crippen LogP contribution in [0.1, 0.15) is 19.4 Å². The molecule has 1 N–H and O–H groups in total. The first kappa shape index (κ1) is 13.2. The molecule has 16 heavy (non-hydrogen) atoms. The molecule has 0 saturated carbocycles. The fraction of sp³-hybridized carbons (Fsp3) is 0.750. The first-order valence-corrected chi connectivity index (χ1v) is 5.85. The fourth-order valence-corrected chi connectivity index (χ4v) is 1.94. The molecule has 92 valence electrons. The SMILES string of the molecule is CC(C)C(CNCc1cnn(C)c1)N(C)C. The number of nitrogens with one attached hydrogen (secondary N) is 1. The molecular formula is C12H24N4. The lowest BCUT2D eigenvalue weighted by Gasteiger charge is -2.28. The maximum atomic E-state index is 4.15. The molecule has 0 radical (unpaired) electrons. The van der Waals surface area contributed by atoms with Gasteiger partial charge in [0, 0.05) is 37.9 Å². The van der Waals surface area contributed by atoms with Crippen molar-refractivity contribution in [1.82, 2.24) is 20.0 Å². The van der Waals surface area contributed by atoms with Crippen LogP contribution in [0.4, 0.5) is 0 Å². The van der Waals surface area contributed by atoms with E-state index in [1.807, 2.05) is 24.1 Å². The van der Waals surface area contributed by atoms with E-state index in [4.69, 9.17) is 0 Å². The standard InChI is InChI=1S/C12H24N4/c1-10(2)12(15(3)4)8-13-6-11-7-14-16(5)9-11/h7,9-10,12-13H,6,8H2,1-5H3. The van der Waals surface area contributed by atoms with Crippen LogP contribution in [0, 0.1) is 5.92 Å². The summed E-state index contributed by atoms with van der Waals surface area (Å²) in [4.78, 5) is 2.28. The molecule has 1 rings (SSSR count). The van der Waals surface area contributed by atoms with Gasteiger partial charge in [-0.05, 0) is 20.0 Å². The van der Waals surface area contributed by atoms with E-state index in [0.717, 1.165) is 13.1 Å². The van der Waals surface area contributed by atoms with Gasteiger partial charge in [0.2, 0.25) is 0 Å². The van der Waals surface area contributed by atoms with Crippen LogP contribution in [0.25, 0.3) is 0 Å². The minimum Gasteiger partial charge on any atom is -0.311 e. The number of likely N-dealkylation sites (N-methyl/N-ethyl adjacent to an activating group) is 1. The van der Waals surface area contributed by atoms with Gasteiger partial charge in [-0.1, -0.05) is 13.8 Å². The Bertz CT molecular complexity index is 296. The molecule has 0 bridgehead atoms. The van der Waals surface area contributed by atoms with Crippen molar-refractivity contribution in [3.63, 3.8) is 0 Å². The normalized spacial score (nSPS) is 13.7. The Labute approximate surface area is 98.6 Å². The van der Waals surface area contributed by atoms with Crippen molar-refractivity contribution < 1.29 is 0 Å². The maximum absolute atomic E-state index is 4.15. The minimum absolute atomic E-state index is 0.580. The highest BCUT2D eigenvalue weighted by atomic mass is 15.2. The van der Waals surface area contributed by atoms with Crippen LogP contribution in [0.15, 0.2) is 12.4 Å². The molecule has 1 aromatic heterocycles. The van der Waals surface area contributed by atoms with E-state index in [2.05, 4.69) is 43.3 Å². The molecule has 0 aliphatic heterocycles. The highest BCUT2D eigenvalue weighted by Gasteiger charge is 2.14. The third kappa shape index (κ3) is 3.94. The molecule has 1 aromatic rings. The molecule has 0 spiro atoms. The van der Waals surface area contributed by atoms with Crippen molar-refractivity contribution in [2.24, 2.45) is 13.0 Å². The van der Waals surface area contributed by atoms with Gasteiger partial charge in [0.05, 0.1) is 6.20 Å². The summed E-state index contributed by atoms with van der Waals surface area (Å²) in [6, 6.07) is 0.580. The number of hydrogen-bond acceptors (Lipinski definition) is 3. The molecule has 0 fully saturated rings. The largest absolute Gasteiger partial charge is 0.311 e. The van der Waals surface area contributed by atoms with Gasteiger partial charge in [0.25, 0.3) is 0 Å². The van der Waals surface area contributed by atoms with Gasteiger partial charge in [-0.25, -0.2) is 0 Å². The molecule has 0 saturated heterocycles. The summed E-state index contributed by atoms with van der Waals surface area (Å²) in [6.45, 7) is 6.43. The zero-order valence-corrected chi connectivity index (χ0v) is 11.1. The van der Waals surface area contributed by atoms with Crippen molar-refractivity contribution in [3.8, 4) is 0 Å². The van der Waals surface area contributed by atoms with Crippen molar-refractivity contribution in [3.05, 3.63) is 18.0 Å². The Morgan fingerprint density at radius 3 is 2.56 bits per heavy atom. The van der Waals surface area contributed by atoms with Crippen LogP contribution in [0.5, 0.6) is 0 Å². The molecule has 0 aliphatic carbocycles. The third-order valence-corrected chi connectivity index (χ3v) is 2.87. The van der Waals surface area contributed by atoms with Crippen LogP contribution < -0.4 is 5.32 Å². The first-order valence-electron chi connectivity index (χ1n) is 5.85. The summed E-state index contributed by atoms with van der Waals surface area (Å²) >= 11 is 0. The topological polar surface area (TPSA) is 33.1 Å². The van der Waals surface area contributed by atoms with Gasteiger partial charge in [-0.15, -0.1) is 0 Å². The van der Waals surface area contributed by atoms with Crippen LogP contribution in [0.2, 0.25) is 0 Å². The average Bonchev–Trinajstić information content (AvgIpc) is 2.57. The molecule has 4 heteroatoms. The van der Waals surface area contributed by atoms with E-state index in [1.54, 1.807) is 0 Å². The van der Waals surface area contributed by atoms with Crippen LogP contribution in [-0.2, 0) is 13.6 Å². The second-order valence-electron chi connectivity index (χ2n) is 4.93. The van der Waals surface area contributed by atoms with E-state index in [0.29, 0.717) is 12.0 Å². The Morgan fingerprint density at radius 2 is 2.12 bits per heavy atom. The number of aromatic nitrogens is 2. The zero-order chi connectivity index (χ0) is 12.1. The van der Waals surface area contributed by atoms with Crippen molar-refractivity contribution in [2.75, 3.05) is 20.6 Å². The lowest BCUT2D eigenvalue weighted by molar-refractivity contribution is 0.224. The van der Waals surface area contributed by atoms with Crippen molar-refractivity contribution in [2.45, 2.75) is 26.4 Å². The minimum atomic E-state index is 0.580. The first-order chi connectivity index (χ1) is 7.50. The zero-order valence-electron chi connectivity index (χ0n) is 11.1. The molecule has 0 aliphatic rings.